The van der Waals surface area contributed by atoms with E-state index >= 15 is 0 Å². The van der Waals surface area contributed by atoms with Gasteiger partial charge in [0.2, 0.25) is 0 Å². The van der Waals surface area contributed by atoms with E-state index in [9.17, 15) is 9.59 Å². The van der Waals surface area contributed by atoms with Gasteiger partial charge in [-0.3, -0.25) is 4.79 Å². The number of hydrogen-bond acceptors (Lipinski definition) is 3. The Balaban J connectivity index is 1.46. The lowest BCUT2D eigenvalue weighted by Crippen LogP contribution is -2.34. The fourth-order valence-electron chi connectivity index (χ4n) is 3.41. The van der Waals surface area contributed by atoms with Crippen LogP contribution in [0.1, 0.15) is 22.5 Å². The van der Waals surface area contributed by atoms with Gasteiger partial charge in [-0.1, -0.05) is 36.4 Å². The minimum absolute atomic E-state index is 0.00922. The zero-order chi connectivity index (χ0) is 19.5. The number of para-hydroxylation sites is 1. The first kappa shape index (κ1) is 17.9. The van der Waals surface area contributed by atoms with Crippen LogP contribution in [0, 0.1) is 0 Å². The number of carboxylic acids is 1. The lowest BCUT2D eigenvalue weighted by molar-refractivity contribution is -0.139. The highest BCUT2D eigenvalue weighted by molar-refractivity contribution is 5.98. The van der Waals surface area contributed by atoms with Crippen LogP contribution >= 0.6 is 0 Å². The predicted octanol–water partition coefficient (Wildman–Crippen LogP) is 3.56. The molecule has 28 heavy (non-hydrogen) atoms. The maximum Gasteiger partial charge on any atom is 0.341 e. The lowest BCUT2D eigenvalue weighted by Gasteiger charge is -2.26. The number of nitrogens with zero attached hydrogens (tertiary/aromatic N) is 1. The highest BCUT2D eigenvalue weighted by Gasteiger charge is 2.21. The van der Waals surface area contributed by atoms with Gasteiger partial charge in [-0.2, -0.15) is 0 Å². The second-order valence-corrected chi connectivity index (χ2v) is 6.71. The van der Waals surface area contributed by atoms with E-state index in [1.807, 2.05) is 59.5 Å². The fourth-order valence-corrected chi connectivity index (χ4v) is 3.41. The Bertz CT molecular complexity index is 1030. The van der Waals surface area contributed by atoms with E-state index in [1.54, 1.807) is 6.07 Å². The SMILES string of the molecule is O=C(O)COc1cccc(C2=CCN(C(=O)c3cc4ccccc4[nH]3)CC2)c1. The van der Waals surface area contributed by atoms with Crippen LogP contribution in [0.15, 0.2) is 60.7 Å². The van der Waals surface area contributed by atoms with Crippen molar-refractivity contribution in [2.24, 2.45) is 0 Å². The Morgan fingerprint density at radius 2 is 1.96 bits per heavy atom. The van der Waals surface area contributed by atoms with Crippen molar-refractivity contribution >= 4 is 28.4 Å². The molecule has 4 rings (SSSR count). The molecule has 1 aromatic heterocycles. The zero-order valence-electron chi connectivity index (χ0n) is 15.2. The number of H-pyrrole nitrogens is 1. The van der Waals surface area contributed by atoms with Crippen molar-refractivity contribution in [1.29, 1.82) is 0 Å². The molecule has 0 unspecified atom stereocenters. The molecule has 1 aliphatic heterocycles. The van der Waals surface area contributed by atoms with Crippen LogP contribution in [-0.4, -0.2) is 46.6 Å². The number of rotatable bonds is 5. The molecule has 0 aliphatic carbocycles. The Kier molecular flexibility index (Phi) is 4.85. The summed E-state index contributed by atoms with van der Waals surface area (Å²) < 4.78 is 5.25. The van der Waals surface area contributed by atoms with Gasteiger partial charge in [0.1, 0.15) is 11.4 Å². The molecule has 3 aromatic rings. The predicted molar refractivity (Wildman–Crippen MR) is 106 cm³/mol. The molecule has 2 N–H and O–H groups in total. The van der Waals surface area contributed by atoms with Gasteiger partial charge >= 0.3 is 5.97 Å². The maximum atomic E-state index is 12.8. The van der Waals surface area contributed by atoms with Crippen molar-refractivity contribution < 1.29 is 19.4 Å². The number of carboxylic acid groups (broad SMARTS) is 1. The topological polar surface area (TPSA) is 82.6 Å². The van der Waals surface area contributed by atoms with E-state index in [0.29, 0.717) is 24.5 Å². The number of amides is 1. The first-order valence-corrected chi connectivity index (χ1v) is 9.11. The van der Waals surface area contributed by atoms with Gasteiger partial charge in [0, 0.05) is 24.0 Å². The van der Waals surface area contributed by atoms with Crippen molar-refractivity contribution in [3.63, 3.8) is 0 Å². The Morgan fingerprint density at radius 3 is 2.71 bits per heavy atom. The maximum absolute atomic E-state index is 12.8. The molecule has 0 saturated heterocycles. The summed E-state index contributed by atoms with van der Waals surface area (Å²) >= 11 is 0. The van der Waals surface area contributed by atoms with Crippen LogP contribution in [-0.2, 0) is 4.79 Å². The number of aromatic amines is 1. The highest BCUT2D eigenvalue weighted by atomic mass is 16.5. The van der Waals surface area contributed by atoms with Crippen LogP contribution in [0.3, 0.4) is 0 Å². The number of fused-ring (bicyclic) bond motifs is 1. The molecular formula is C22H20N2O4. The summed E-state index contributed by atoms with van der Waals surface area (Å²) in [7, 11) is 0. The van der Waals surface area contributed by atoms with Crippen molar-refractivity contribution in [2.75, 3.05) is 19.7 Å². The van der Waals surface area contributed by atoms with Crippen molar-refractivity contribution in [2.45, 2.75) is 6.42 Å². The molecule has 0 bridgehead atoms. The number of hydrogen-bond donors (Lipinski definition) is 2. The number of carbonyl (C=O) groups excluding carboxylic acids is 1. The largest absolute Gasteiger partial charge is 0.482 e. The molecule has 0 radical (unpaired) electrons. The molecular weight excluding hydrogens is 356 g/mol. The van der Waals surface area contributed by atoms with E-state index in [-0.39, 0.29) is 12.5 Å². The van der Waals surface area contributed by atoms with E-state index in [4.69, 9.17) is 9.84 Å². The lowest BCUT2D eigenvalue weighted by atomic mass is 9.99. The second-order valence-electron chi connectivity index (χ2n) is 6.71. The van der Waals surface area contributed by atoms with Crippen LogP contribution in [0.25, 0.3) is 16.5 Å². The molecule has 1 amide bonds. The zero-order valence-corrected chi connectivity index (χ0v) is 15.2. The number of aromatic nitrogens is 1. The van der Waals surface area contributed by atoms with E-state index < -0.39 is 5.97 Å². The van der Waals surface area contributed by atoms with Crippen LogP contribution in [0.4, 0.5) is 0 Å². The number of ether oxygens (including phenoxy) is 1. The molecule has 0 spiro atoms. The minimum atomic E-state index is -1.01. The van der Waals surface area contributed by atoms with Gasteiger partial charge in [-0.25, -0.2) is 4.79 Å². The van der Waals surface area contributed by atoms with Crippen molar-refractivity contribution in [1.82, 2.24) is 9.88 Å². The summed E-state index contributed by atoms with van der Waals surface area (Å²) in [5, 5.41) is 9.76. The Morgan fingerprint density at radius 1 is 1.11 bits per heavy atom. The molecule has 6 heteroatoms. The third-order valence-corrected chi connectivity index (χ3v) is 4.82. The van der Waals surface area contributed by atoms with Gasteiger partial charge in [0.15, 0.2) is 6.61 Å². The smallest absolute Gasteiger partial charge is 0.341 e. The van der Waals surface area contributed by atoms with Gasteiger partial charge in [-0.05, 0) is 41.8 Å². The fraction of sp³-hybridized carbons (Fsp3) is 0.182. The van der Waals surface area contributed by atoms with E-state index in [0.717, 1.165) is 28.5 Å². The first-order chi connectivity index (χ1) is 13.6. The molecule has 0 fully saturated rings. The molecule has 1 aliphatic rings. The van der Waals surface area contributed by atoms with Crippen LogP contribution < -0.4 is 4.74 Å². The first-order valence-electron chi connectivity index (χ1n) is 9.11. The van der Waals surface area contributed by atoms with Gasteiger partial charge in [0.05, 0.1) is 0 Å². The number of aliphatic carboxylic acids is 1. The Labute approximate surface area is 162 Å². The average molecular weight is 376 g/mol. The Hall–Kier alpha value is -3.54. The quantitative estimate of drug-likeness (QED) is 0.713. The van der Waals surface area contributed by atoms with Crippen LogP contribution in [0.2, 0.25) is 0 Å². The summed E-state index contributed by atoms with van der Waals surface area (Å²) in [6.07, 6.45) is 2.77. The summed E-state index contributed by atoms with van der Waals surface area (Å²) in [5.74, 6) is -0.490. The number of nitrogens with one attached hydrogen (secondary N) is 1. The molecule has 2 aromatic carbocycles. The van der Waals surface area contributed by atoms with Gasteiger partial charge in [0.25, 0.3) is 5.91 Å². The summed E-state index contributed by atoms with van der Waals surface area (Å²) in [6, 6.07) is 17.1. The van der Waals surface area contributed by atoms with E-state index in [1.165, 1.54) is 0 Å². The third kappa shape index (κ3) is 3.76. The molecule has 6 nitrogen and oxygen atoms in total. The standard InChI is InChI=1S/C22H20N2O4/c25-21(26)14-28-18-6-3-5-16(12-18)15-8-10-24(11-9-15)22(27)20-13-17-4-1-2-7-19(17)23-20/h1-8,12-13,23H,9-11,14H2,(H,25,26). The number of carbonyl (C=O) groups is 2. The average Bonchev–Trinajstić information content (AvgIpc) is 3.16. The molecule has 0 saturated carbocycles. The highest BCUT2D eigenvalue weighted by Crippen LogP contribution is 2.26. The summed E-state index contributed by atoms with van der Waals surface area (Å²) in [6.45, 7) is 0.791. The van der Waals surface area contributed by atoms with Crippen LogP contribution in [0.5, 0.6) is 5.75 Å². The second kappa shape index (κ2) is 7.60. The van der Waals surface area contributed by atoms with Gasteiger partial charge < -0.3 is 19.7 Å². The minimum Gasteiger partial charge on any atom is -0.482 e. The van der Waals surface area contributed by atoms with Gasteiger partial charge in [-0.15, -0.1) is 0 Å². The summed E-state index contributed by atoms with van der Waals surface area (Å²) in [5.41, 5.74) is 3.67. The third-order valence-electron chi connectivity index (χ3n) is 4.82. The molecule has 0 atom stereocenters. The molecule has 142 valence electrons. The number of benzene rings is 2. The van der Waals surface area contributed by atoms with Crippen molar-refractivity contribution in [3.05, 3.63) is 71.9 Å². The molecule has 2 heterocycles. The van der Waals surface area contributed by atoms with E-state index in [2.05, 4.69) is 4.98 Å². The summed E-state index contributed by atoms with van der Waals surface area (Å²) in [4.78, 5) is 28.5. The monoisotopic (exact) mass is 376 g/mol. The normalized spacial score (nSPS) is 14.0. The van der Waals surface area contributed by atoms with Crippen molar-refractivity contribution in [3.8, 4) is 5.75 Å².